The van der Waals surface area contributed by atoms with E-state index in [1.165, 1.54) is 0 Å². The summed E-state index contributed by atoms with van der Waals surface area (Å²) in [6.45, 7) is 0. The lowest BCUT2D eigenvalue weighted by molar-refractivity contribution is 1.30. The van der Waals surface area contributed by atoms with Crippen LogP contribution >= 0.6 is 31.9 Å². The zero-order chi connectivity index (χ0) is 17.9. The third-order valence-corrected chi connectivity index (χ3v) is 5.45. The molecule has 0 radical (unpaired) electrons. The summed E-state index contributed by atoms with van der Waals surface area (Å²) < 4.78 is 1.95. The van der Waals surface area contributed by atoms with E-state index >= 15 is 0 Å². The first-order valence-electron chi connectivity index (χ1n) is 8.16. The molecule has 4 heteroatoms. The molecule has 0 aliphatic rings. The molecule has 4 aromatic rings. The van der Waals surface area contributed by atoms with Crippen LogP contribution in [0.2, 0.25) is 0 Å². The normalized spacial score (nSPS) is 10.7. The Bertz CT molecular complexity index is 990. The van der Waals surface area contributed by atoms with Gasteiger partial charge in [-0.3, -0.25) is 9.97 Å². The second-order valence-corrected chi connectivity index (χ2v) is 7.47. The summed E-state index contributed by atoms with van der Waals surface area (Å²) in [6.07, 6.45) is 3.64. The fraction of sp³-hybridized carbons (Fsp3) is 0. The van der Waals surface area contributed by atoms with Gasteiger partial charge < -0.3 is 0 Å². The molecule has 0 bridgehead atoms. The molecule has 0 N–H and O–H groups in total. The van der Waals surface area contributed by atoms with Gasteiger partial charge in [-0.15, -0.1) is 0 Å². The van der Waals surface area contributed by atoms with Gasteiger partial charge in [0, 0.05) is 32.5 Å². The van der Waals surface area contributed by atoms with Crippen molar-refractivity contribution < 1.29 is 0 Å². The summed E-state index contributed by atoms with van der Waals surface area (Å²) >= 11 is 7.26. The smallest absolute Gasteiger partial charge is 0.0850 e. The second kappa shape index (κ2) is 7.52. The Labute approximate surface area is 169 Å². The molecule has 2 aromatic carbocycles. The molecule has 4 rings (SSSR count). The van der Waals surface area contributed by atoms with Crippen LogP contribution in [-0.4, -0.2) is 9.97 Å². The van der Waals surface area contributed by atoms with E-state index in [9.17, 15) is 0 Å². The van der Waals surface area contributed by atoms with Crippen LogP contribution in [0.3, 0.4) is 0 Å². The lowest BCUT2D eigenvalue weighted by Crippen LogP contribution is -1.93. The number of hydrogen-bond donors (Lipinski definition) is 0. The van der Waals surface area contributed by atoms with E-state index in [2.05, 4.69) is 78.2 Å². The van der Waals surface area contributed by atoms with E-state index in [4.69, 9.17) is 0 Å². The molecule has 0 unspecified atom stereocenters. The predicted octanol–water partition coefficient (Wildman–Crippen LogP) is 7.00. The maximum Gasteiger partial charge on any atom is 0.0850 e. The molecule has 2 aromatic heterocycles. The van der Waals surface area contributed by atoms with E-state index in [1.807, 2.05) is 48.8 Å². The number of pyridine rings is 2. The van der Waals surface area contributed by atoms with Crippen molar-refractivity contribution in [2.24, 2.45) is 0 Å². The average molecular weight is 466 g/mol. The zero-order valence-corrected chi connectivity index (χ0v) is 16.9. The van der Waals surface area contributed by atoms with Gasteiger partial charge in [0.15, 0.2) is 0 Å². The number of nitrogens with zero attached hydrogens (tertiary/aromatic N) is 2. The van der Waals surface area contributed by atoms with E-state index < -0.39 is 0 Å². The Hall–Kier alpha value is -2.30. The monoisotopic (exact) mass is 464 g/mol. The van der Waals surface area contributed by atoms with Crippen LogP contribution in [-0.2, 0) is 0 Å². The molecule has 0 aliphatic heterocycles. The quantitative estimate of drug-likeness (QED) is 0.325. The first-order valence-corrected chi connectivity index (χ1v) is 9.74. The molecule has 2 nitrogen and oxygen atoms in total. The highest BCUT2D eigenvalue weighted by atomic mass is 79.9. The Balaban J connectivity index is 1.97. The topological polar surface area (TPSA) is 25.8 Å². The number of rotatable bonds is 3. The standard InChI is InChI=1S/C22H14Br2N2/c23-19-11-5-13-25-21(19)17-9-3-1-7-15(17)16-8-2-4-10-18(16)22-20(24)12-6-14-26-22/h1-14H. The average Bonchev–Trinajstić information content (AvgIpc) is 2.69. The van der Waals surface area contributed by atoms with E-state index in [0.717, 1.165) is 42.6 Å². The SMILES string of the molecule is Brc1cccnc1-c1ccccc1-c1ccccc1-c1ncccc1Br. The minimum atomic E-state index is 0.929. The molecular formula is C22H14Br2N2. The summed E-state index contributed by atoms with van der Waals surface area (Å²) in [5.41, 5.74) is 6.27. The van der Waals surface area contributed by atoms with E-state index in [-0.39, 0.29) is 0 Å². The molecule has 0 saturated carbocycles. The molecule has 0 atom stereocenters. The third kappa shape index (κ3) is 3.22. The zero-order valence-electron chi connectivity index (χ0n) is 13.7. The first-order chi connectivity index (χ1) is 12.8. The maximum absolute atomic E-state index is 4.58. The predicted molar refractivity (Wildman–Crippen MR) is 114 cm³/mol. The first kappa shape index (κ1) is 17.1. The van der Waals surface area contributed by atoms with Crippen LogP contribution in [0.1, 0.15) is 0 Å². The van der Waals surface area contributed by atoms with Gasteiger partial charge in [-0.2, -0.15) is 0 Å². The molecule has 0 spiro atoms. The molecule has 0 saturated heterocycles. The highest BCUT2D eigenvalue weighted by Crippen LogP contribution is 2.40. The van der Waals surface area contributed by atoms with Crippen molar-refractivity contribution in [3.63, 3.8) is 0 Å². The largest absolute Gasteiger partial charge is 0.255 e. The summed E-state index contributed by atoms with van der Waals surface area (Å²) in [4.78, 5) is 9.17. The van der Waals surface area contributed by atoms with Gasteiger partial charge >= 0.3 is 0 Å². The van der Waals surface area contributed by atoms with Crippen LogP contribution in [0, 0.1) is 0 Å². The van der Waals surface area contributed by atoms with Crippen molar-refractivity contribution in [3.05, 3.63) is 94.1 Å². The third-order valence-electron chi connectivity index (χ3n) is 4.17. The van der Waals surface area contributed by atoms with Crippen molar-refractivity contribution in [1.29, 1.82) is 0 Å². The van der Waals surface area contributed by atoms with Crippen molar-refractivity contribution in [3.8, 4) is 33.6 Å². The molecule has 2 heterocycles. The fourth-order valence-electron chi connectivity index (χ4n) is 3.02. The fourth-order valence-corrected chi connectivity index (χ4v) is 3.95. The lowest BCUT2D eigenvalue weighted by Gasteiger charge is -2.15. The van der Waals surface area contributed by atoms with Gasteiger partial charge in [0.05, 0.1) is 11.4 Å². The summed E-state index contributed by atoms with van der Waals surface area (Å²) in [5, 5.41) is 0. The van der Waals surface area contributed by atoms with E-state index in [1.54, 1.807) is 0 Å². The van der Waals surface area contributed by atoms with Gasteiger partial charge in [-0.1, -0.05) is 48.5 Å². The van der Waals surface area contributed by atoms with E-state index in [0.29, 0.717) is 0 Å². The number of aromatic nitrogens is 2. The Morgan fingerprint density at radius 3 is 1.23 bits per heavy atom. The number of hydrogen-bond acceptors (Lipinski definition) is 2. The van der Waals surface area contributed by atoms with Gasteiger partial charge in [0.25, 0.3) is 0 Å². The van der Waals surface area contributed by atoms with Crippen LogP contribution in [0.25, 0.3) is 33.6 Å². The van der Waals surface area contributed by atoms with Gasteiger partial charge in [-0.05, 0) is 67.3 Å². The van der Waals surface area contributed by atoms with Crippen molar-refractivity contribution in [2.45, 2.75) is 0 Å². The Kier molecular flexibility index (Phi) is 4.96. The molecule has 0 aliphatic carbocycles. The minimum Gasteiger partial charge on any atom is -0.255 e. The Morgan fingerprint density at radius 2 is 0.846 bits per heavy atom. The summed E-state index contributed by atoms with van der Waals surface area (Å²) in [5.74, 6) is 0. The summed E-state index contributed by atoms with van der Waals surface area (Å²) in [6, 6.07) is 24.5. The molecule has 26 heavy (non-hydrogen) atoms. The Morgan fingerprint density at radius 1 is 0.462 bits per heavy atom. The van der Waals surface area contributed by atoms with Crippen LogP contribution in [0.15, 0.2) is 94.1 Å². The molecular weight excluding hydrogens is 452 g/mol. The minimum absolute atomic E-state index is 0.929. The van der Waals surface area contributed by atoms with Crippen LogP contribution < -0.4 is 0 Å². The van der Waals surface area contributed by atoms with Gasteiger partial charge in [-0.25, -0.2) is 0 Å². The van der Waals surface area contributed by atoms with Gasteiger partial charge in [0.2, 0.25) is 0 Å². The lowest BCUT2D eigenvalue weighted by atomic mass is 9.92. The van der Waals surface area contributed by atoms with Gasteiger partial charge in [0.1, 0.15) is 0 Å². The van der Waals surface area contributed by atoms with Crippen molar-refractivity contribution >= 4 is 31.9 Å². The number of halogens is 2. The summed E-state index contributed by atoms with van der Waals surface area (Å²) in [7, 11) is 0. The number of benzene rings is 2. The van der Waals surface area contributed by atoms with Crippen LogP contribution in [0.5, 0.6) is 0 Å². The molecule has 0 fully saturated rings. The van der Waals surface area contributed by atoms with Crippen LogP contribution in [0.4, 0.5) is 0 Å². The highest BCUT2D eigenvalue weighted by Gasteiger charge is 2.15. The van der Waals surface area contributed by atoms with Crippen molar-refractivity contribution in [1.82, 2.24) is 9.97 Å². The van der Waals surface area contributed by atoms with Crippen molar-refractivity contribution in [2.75, 3.05) is 0 Å². The molecule has 0 amide bonds. The molecule has 126 valence electrons. The highest BCUT2D eigenvalue weighted by molar-refractivity contribution is 9.11. The maximum atomic E-state index is 4.58. The second-order valence-electron chi connectivity index (χ2n) is 5.76.